The van der Waals surface area contributed by atoms with Crippen LogP contribution in [0.1, 0.15) is 5.76 Å². The predicted octanol–water partition coefficient (Wildman–Crippen LogP) is 7.57. The molecule has 5 nitrogen and oxygen atoms in total. The van der Waals surface area contributed by atoms with E-state index in [1.807, 2.05) is 66.7 Å². The summed E-state index contributed by atoms with van der Waals surface area (Å²) in [6.07, 6.45) is 4.88. The predicted molar refractivity (Wildman–Crippen MR) is 138 cm³/mol. The molecule has 2 aromatic heterocycles. The maximum Gasteiger partial charge on any atom is 0.271 e. The largest absolute Gasteiger partial charge is 0.457 e. The zero-order valence-electron chi connectivity index (χ0n) is 17.0. The quantitative estimate of drug-likeness (QED) is 0.252. The summed E-state index contributed by atoms with van der Waals surface area (Å²) < 4.78 is 6.98. The Kier molecular flexibility index (Phi) is 6.17. The number of hydrogen-bond acceptors (Lipinski definition) is 5. The van der Waals surface area contributed by atoms with Gasteiger partial charge in [0.2, 0.25) is 0 Å². The summed E-state index contributed by atoms with van der Waals surface area (Å²) in [5.74, 6) is 1.12. The third kappa shape index (κ3) is 4.66. The minimum absolute atomic E-state index is 0.184. The fourth-order valence-electron chi connectivity index (χ4n) is 3.24. The molecule has 33 heavy (non-hydrogen) atoms. The molecule has 1 amide bonds. The van der Waals surface area contributed by atoms with E-state index in [-0.39, 0.29) is 5.91 Å². The van der Waals surface area contributed by atoms with Crippen LogP contribution in [0, 0.1) is 0 Å². The van der Waals surface area contributed by atoms with Crippen molar-refractivity contribution < 1.29 is 9.21 Å². The van der Waals surface area contributed by atoms with Gasteiger partial charge in [-0.1, -0.05) is 57.9 Å². The number of nitrogens with zero attached hydrogens (tertiary/aromatic N) is 3. The Bertz CT molecular complexity index is 1380. The molecule has 0 N–H and O–H groups in total. The number of amidine groups is 1. The third-order valence-corrected chi connectivity index (χ3v) is 6.61. The number of para-hydroxylation sites is 1. The van der Waals surface area contributed by atoms with Gasteiger partial charge in [0.05, 0.1) is 21.3 Å². The van der Waals surface area contributed by atoms with Crippen molar-refractivity contribution in [2.45, 2.75) is 0 Å². The second-order valence-corrected chi connectivity index (χ2v) is 9.35. The normalized spacial score (nSPS) is 16.2. The third-order valence-electron chi connectivity index (χ3n) is 4.82. The molecular weight excluding hydrogens is 522 g/mol. The molecule has 5 rings (SSSR count). The zero-order valence-corrected chi connectivity index (χ0v) is 20.1. The molecule has 3 heterocycles. The van der Waals surface area contributed by atoms with Crippen molar-refractivity contribution in [2.75, 3.05) is 4.90 Å². The smallest absolute Gasteiger partial charge is 0.271 e. The Labute approximate surface area is 207 Å². The van der Waals surface area contributed by atoms with Crippen molar-refractivity contribution in [3.8, 4) is 11.3 Å². The molecule has 1 aliphatic heterocycles. The van der Waals surface area contributed by atoms with Crippen LogP contribution in [0.4, 0.5) is 11.4 Å². The van der Waals surface area contributed by atoms with Crippen LogP contribution in [-0.2, 0) is 4.79 Å². The average Bonchev–Trinajstić information content (AvgIpc) is 3.41. The number of aliphatic imine (C=N–C) groups is 1. The molecule has 162 valence electrons. The molecule has 0 atom stereocenters. The van der Waals surface area contributed by atoms with Gasteiger partial charge in [-0.15, -0.1) is 0 Å². The van der Waals surface area contributed by atoms with Crippen molar-refractivity contribution >= 4 is 67.8 Å². The van der Waals surface area contributed by atoms with Crippen molar-refractivity contribution in [3.63, 3.8) is 0 Å². The van der Waals surface area contributed by atoms with E-state index >= 15 is 0 Å². The molecule has 0 spiro atoms. The van der Waals surface area contributed by atoms with Crippen LogP contribution in [-0.4, -0.2) is 16.1 Å². The van der Waals surface area contributed by atoms with Gasteiger partial charge in [0.1, 0.15) is 11.5 Å². The molecule has 0 unspecified atom stereocenters. The molecular formula is C25H15BrClN3O2S. The Morgan fingerprint density at radius 2 is 1.82 bits per heavy atom. The zero-order chi connectivity index (χ0) is 22.8. The second-order valence-electron chi connectivity index (χ2n) is 7.02. The first-order chi connectivity index (χ1) is 16.1. The van der Waals surface area contributed by atoms with Crippen LogP contribution >= 0.6 is 39.3 Å². The van der Waals surface area contributed by atoms with E-state index in [0.717, 1.165) is 21.5 Å². The molecule has 0 saturated carbocycles. The van der Waals surface area contributed by atoms with Crippen LogP contribution in [0.5, 0.6) is 0 Å². The molecule has 2 aromatic carbocycles. The Morgan fingerprint density at radius 1 is 1.03 bits per heavy atom. The van der Waals surface area contributed by atoms with Gasteiger partial charge in [-0.05, 0) is 54.2 Å². The number of carbonyl (C=O) groups excluding carboxylic acids is 1. The number of amides is 1. The summed E-state index contributed by atoms with van der Waals surface area (Å²) in [4.78, 5) is 24.1. The first-order valence-electron chi connectivity index (χ1n) is 9.91. The summed E-state index contributed by atoms with van der Waals surface area (Å²) in [6, 6.07) is 22.7. The lowest BCUT2D eigenvalue weighted by Crippen LogP contribution is -2.28. The summed E-state index contributed by atoms with van der Waals surface area (Å²) >= 11 is 11.0. The standard InChI is InChI=1S/C25H15BrClN3O2S/c26-17-8-6-16(7-9-17)22-11-10-19(32-22)14-23-24(31)30(18-4-2-1-3-5-18)25(33-23)29-21-12-13-28-15-20(21)27/h1-15H/b23-14+,29-25?. The van der Waals surface area contributed by atoms with E-state index in [9.17, 15) is 4.79 Å². The van der Waals surface area contributed by atoms with Gasteiger partial charge in [-0.3, -0.25) is 14.7 Å². The van der Waals surface area contributed by atoms with Gasteiger partial charge >= 0.3 is 0 Å². The number of anilines is 1. The van der Waals surface area contributed by atoms with Crippen molar-refractivity contribution in [1.29, 1.82) is 0 Å². The first-order valence-corrected chi connectivity index (χ1v) is 11.9. The van der Waals surface area contributed by atoms with Crippen LogP contribution in [0.2, 0.25) is 5.02 Å². The topological polar surface area (TPSA) is 58.7 Å². The number of pyridine rings is 1. The molecule has 4 aromatic rings. The maximum absolute atomic E-state index is 13.4. The summed E-state index contributed by atoms with van der Waals surface area (Å²) in [5.41, 5.74) is 2.21. The van der Waals surface area contributed by atoms with E-state index in [4.69, 9.17) is 16.0 Å². The lowest BCUT2D eigenvalue weighted by Gasteiger charge is -2.15. The number of carbonyl (C=O) groups is 1. The number of thioether (sulfide) groups is 1. The van der Waals surface area contributed by atoms with E-state index in [2.05, 4.69) is 25.9 Å². The highest BCUT2D eigenvalue weighted by Crippen LogP contribution is 2.38. The number of rotatable bonds is 4. The van der Waals surface area contributed by atoms with E-state index < -0.39 is 0 Å². The van der Waals surface area contributed by atoms with Crippen LogP contribution in [0.15, 0.2) is 104 Å². The van der Waals surface area contributed by atoms with E-state index in [0.29, 0.717) is 26.5 Å². The van der Waals surface area contributed by atoms with Crippen molar-refractivity contribution in [3.05, 3.63) is 105 Å². The average molecular weight is 537 g/mol. The molecule has 1 fully saturated rings. The summed E-state index contributed by atoms with van der Waals surface area (Å²) in [7, 11) is 0. The number of benzene rings is 2. The molecule has 1 aliphatic rings. The molecule has 1 saturated heterocycles. The second kappa shape index (κ2) is 9.39. The highest BCUT2D eigenvalue weighted by Gasteiger charge is 2.35. The fraction of sp³-hybridized carbons (Fsp3) is 0. The highest BCUT2D eigenvalue weighted by molar-refractivity contribution is 9.10. The SMILES string of the molecule is O=C1/C(=C\c2ccc(-c3ccc(Br)cc3)o2)SC(=Nc2ccncc2Cl)N1c1ccccc1. The van der Waals surface area contributed by atoms with Gasteiger partial charge in [0, 0.05) is 28.5 Å². The minimum atomic E-state index is -0.184. The van der Waals surface area contributed by atoms with Gasteiger partial charge in [0.15, 0.2) is 5.17 Å². The van der Waals surface area contributed by atoms with Crippen molar-refractivity contribution in [2.24, 2.45) is 4.99 Å². The maximum atomic E-state index is 13.4. The molecule has 0 aliphatic carbocycles. The Hall–Kier alpha value is -3.13. The van der Waals surface area contributed by atoms with E-state index in [1.165, 1.54) is 18.0 Å². The first kappa shape index (κ1) is 21.7. The minimum Gasteiger partial charge on any atom is -0.457 e. The van der Waals surface area contributed by atoms with Crippen LogP contribution in [0.3, 0.4) is 0 Å². The molecule has 0 bridgehead atoms. The van der Waals surface area contributed by atoms with Gasteiger partial charge in [-0.2, -0.15) is 0 Å². The lowest BCUT2D eigenvalue weighted by atomic mass is 10.2. The summed E-state index contributed by atoms with van der Waals surface area (Å²) in [6.45, 7) is 0. The van der Waals surface area contributed by atoms with Gasteiger partial charge in [-0.25, -0.2) is 4.99 Å². The monoisotopic (exact) mass is 535 g/mol. The lowest BCUT2D eigenvalue weighted by molar-refractivity contribution is -0.113. The van der Waals surface area contributed by atoms with Gasteiger partial charge < -0.3 is 4.42 Å². The number of hydrogen-bond donors (Lipinski definition) is 0. The number of halogens is 2. The summed E-state index contributed by atoms with van der Waals surface area (Å²) in [5, 5.41) is 0.916. The number of furan rings is 1. The number of aromatic nitrogens is 1. The Balaban J connectivity index is 1.51. The molecule has 0 radical (unpaired) electrons. The van der Waals surface area contributed by atoms with Crippen LogP contribution in [0.25, 0.3) is 17.4 Å². The van der Waals surface area contributed by atoms with E-state index in [1.54, 1.807) is 23.2 Å². The van der Waals surface area contributed by atoms with Crippen molar-refractivity contribution in [1.82, 2.24) is 4.98 Å². The fourth-order valence-corrected chi connectivity index (χ4v) is 4.64. The Morgan fingerprint density at radius 3 is 2.58 bits per heavy atom. The van der Waals surface area contributed by atoms with Gasteiger partial charge in [0.25, 0.3) is 5.91 Å². The highest BCUT2D eigenvalue weighted by atomic mass is 79.9. The van der Waals surface area contributed by atoms with Crippen LogP contribution < -0.4 is 4.90 Å². The molecule has 8 heteroatoms.